The van der Waals surface area contributed by atoms with Crippen LogP contribution >= 0.6 is 11.6 Å². The molecular formula is C17H21ClN2O3. The van der Waals surface area contributed by atoms with Crippen molar-refractivity contribution in [1.82, 2.24) is 9.80 Å². The minimum Gasteiger partial charge on any atom is -0.451 e. The van der Waals surface area contributed by atoms with Crippen LogP contribution in [-0.4, -0.2) is 48.3 Å². The zero-order chi connectivity index (χ0) is 17.1. The Morgan fingerprint density at radius 3 is 2.48 bits per heavy atom. The largest absolute Gasteiger partial charge is 0.451 e. The van der Waals surface area contributed by atoms with Crippen molar-refractivity contribution in [1.29, 1.82) is 0 Å². The molecule has 2 aromatic rings. The predicted octanol–water partition coefficient (Wildman–Crippen LogP) is 3.34. The molecule has 1 aromatic carbocycles. The van der Waals surface area contributed by atoms with Crippen molar-refractivity contribution in [2.45, 2.75) is 20.8 Å². The minimum absolute atomic E-state index is 0.0256. The van der Waals surface area contributed by atoms with Crippen molar-refractivity contribution in [3.8, 4) is 0 Å². The summed E-state index contributed by atoms with van der Waals surface area (Å²) in [5.41, 5.74) is 1.34. The van der Waals surface area contributed by atoms with Crippen LogP contribution in [0.5, 0.6) is 0 Å². The number of halogens is 1. The molecule has 0 saturated heterocycles. The minimum atomic E-state index is -0.310. The highest BCUT2D eigenvalue weighted by atomic mass is 35.5. The van der Waals surface area contributed by atoms with Crippen LogP contribution in [0.3, 0.4) is 0 Å². The number of rotatable bonds is 5. The van der Waals surface area contributed by atoms with E-state index in [4.69, 9.17) is 16.0 Å². The monoisotopic (exact) mass is 336 g/mol. The zero-order valence-corrected chi connectivity index (χ0v) is 14.6. The third-order valence-corrected chi connectivity index (χ3v) is 4.16. The first-order valence-electron chi connectivity index (χ1n) is 7.60. The molecule has 2 amide bonds. The smallest absolute Gasteiger partial charge is 0.290 e. The number of likely N-dealkylation sites (N-methyl/N-ethyl adjacent to an activating group) is 2. The van der Waals surface area contributed by atoms with Crippen LogP contribution in [0, 0.1) is 6.92 Å². The van der Waals surface area contributed by atoms with Crippen LogP contribution in [0.25, 0.3) is 11.0 Å². The molecule has 0 aliphatic rings. The quantitative estimate of drug-likeness (QED) is 0.841. The third-order valence-electron chi connectivity index (χ3n) is 3.93. The number of amides is 2. The van der Waals surface area contributed by atoms with Gasteiger partial charge in [-0.25, -0.2) is 0 Å². The summed E-state index contributed by atoms with van der Waals surface area (Å²) in [6.07, 6.45) is 0. The number of furan rings is 1. The summed E-state index contributed by atoms with van der Waals surface area (Å²) < 4.78 is 5.66. The van der Waals surface area contributed by atoms with E-state index >= 15 is 0 Å². The van der Waals surface area contributed by atoms with Gasteiger partial charge in [-0.3, -0.25) is 9.59 Å². The van der Waals surface area contributed by atoms with Gasteiger partial charge in [0.1, 0.15) is 5.58 Å². The number of fused-ring (bicyclic) bond motifs is 1. The average Bonchev–Trinajstić information content (AvgIpc) is 2.84. The number of aryl methyl sites for hydroxylation is 1. The van der Waals surface area contributed by atoms with Crippen molar-refractivity contribution in [3.05, 3.63) is 34.5 Å². The first-order valence-corrected chi connectivity index (χ1v) is 7.98. The van der Waals surface area contributed by atoms with Gasteiger partial charge in [-0.05, 0) is 39.0 Å². The number of carbonyl (C=O) groups excluding carboxylic acids is 2. The Balaban J connectivity index is 2.23. The van der Waals surface area contributed by atoms with Gasteiger partial charge in [-0.2, -0.15) is 0 Å². The summed E-state index contributed by atoms with van der Waals surface area (Å²) in [6, 6.07) is 5.23. The summed E-state index contributed by atoms with van der Waals surface area (Å²) in [4.78, 5) is 27.8. The molecule has 0 N–H and O–H groups in total. The summed E-state index contributed by atoms with van der Waals surface area (Å²) >= 11 is 5.99. The molecular weight excluding hydrogens is 316 g/mol. The van der Waals surface area contributed by atoms with Gasteiger partial charge in [0, 0.05) is 36.1 Å². The van der Waals surface area contributed by atoms with Crippen molar-refractivity contribution in [3.63, 3.8) is 0 Å². The zero-order valence-electron chi connectivity index (χ0n) is 13.9. The second kappa shape index (κ2) is 7.04. The number of carbonyl (C=O) groups is 2. The van der Waals surface area contributed by atoms with Crippen molar-refractivity contribution in [2.75, 3.05) is 26.7 Å². The highest BCUT2D eigenvalue weighted by Crippen LogP contribution is 2.28. The Hall–Kier alpha value is -2.01. The standard InChI is InChI=1S/C17H21ClN2O3/c1-5-20(6-2)15(21)10-19(4)17(22)16-11(3)13-9-12(18)7-8-14(13)23-16/h7-9H,5-6,10H2,1-4H3. The summed E-state index contributed by atoms with van der Waals surface area (Å²) in [7, 11) is 1.60. The van der Waals surface area contributed by atoms with Crippen LogP contribution in [-0.2, 0) is 4.79 Å². The molecule has 5 nitrogen and oxygen atoms in total. The number of hydrogen-bond acceptors (Lipinski definition) is 3. The lowest BCUT2D eigenvalue weighted by Gasteiger charge is -2.22. The van der Waals surface area contributed by atoms with E-state index in [1.54, 1.807) is 30.1 Å². The number of hydrogen-bond donors (Lipinski definition) is 0. The maximum Gasteiger partial charge on any atom is 0.290 e. The average molecular weight is 337 g/mol. The molecule has 1 heterocycles. The second-order valence-electron chi connectivity index (χ2n) is 5.42. The van der Waals surface area contributed by atoms with E-state index in [-0.39, 0.29) is 24.1 Å². The molecule has 23 heavy (non-hydrogen) atoms. The van der Waals surface area contributed by atoms with E-state index in [2.05, 4.69) is 0 Å². The number of nitrogens with zero attached hydrogens (tertiary/aromatic N) is 2. The molecule has 0 fully saturated rings. The lowest BCUT2D eigenvalue weighted by atomic mass is 10.1. The first-order chi connectivity index (χ1) is 10.9. The fourth-order valence-electron chi connectivity index (χ4n) is 2.52. The molecule has 2 rings (SSSR count). The van der Waals surface area contributed by atoms with Crippen LogP contribution in [0.2, 0.25) is 5.02 Å². The van der Waals surface area contributed by atoms with Crippen molar-refractivity contribution < 1.29 is 14.0 Å². The Morgan fingerprint density at radius 1 is 1.22 bits per heavy atom. The molecule has 6 heteroatoms. The van der Waals surface area contributed by atoms with Gasteiger partial charge in [-0.1, -0.05) is 11.6 Å². The van der Waals surface area contributed by atoms with Gasteiger partial charge in [0.2, 0.25) is 5.91 Å². The third kappa shape index (κ3) is 3.50. The Kier molecular flexibility index (Phi) is 5.31. The Morgan fingerprint density at radius 2 is 1.87 bits per heavy atom. The lowest BCUT2D eigenvalue weighted by molar-refractivity contribution is -0.131. The van der Waals surface area contributed by atoms with Crippen molar-refractivity contribution in [2.24, 2.45) is 0 Å². The fraction of sp³-hybridized carbons (Fsp3) is 0.412. The highest BCUT2D eigenvalue weighted by molar-refractivity contribution is 6.31. The first kappa shape index (κ1) is 17.3. The van der Waals surface area contributed by atoms with Gasteiger partial charge in [0.05, 0.1) is 6.54 Å². The second-order valence-corrected chi connectivity index (χ2v) is 5.86. The van der Waals surface area contributed by atoms with Gasteiger partial charge < -0.3 is 14.2 Å². The summed E-state index contributed by atoms with van der Waals surface area (Å²) in [6.45, 7) is 6.92. The maximum atomic E-state index is 12.6. The molecule has 124 valence electrons. The Labute approximate surface area is 140 Å². The van der Waals surface area contributed by atoms with E-state index in [1.807, 2.05) is 20.8 Å². The molecule has 0 radical (unpaired) electrons. The van der Waals surface area contributed by atoms with Crippen LogP contribution in [0.15, 0.2) is 22.6 Å². The van der Waals surface area contributed by atoms with Crippen molar-refractivity contribution >= 4 is 34.4 Å². The van der Waals surface area contributed by atoms with E-state index in [0.29, 0.717) is 23.7 Å². The summed E-state index contributed by atoms with van der Waals surface area (Å²) in [5.74, 6) is -0.143. The lowest BCUT2D eigenvalue weighted by Crippen LogP contribution is -2.41. The van der Waals surface area contributed by atoms with Crippen LogP contribution < -0.4 is 0 Å². The highest BCUT2D eigenvalue weighted by Gasteiger charge is 2.23. The molecule has 0 saturated carbocycles. The van der Waals surface area contributed by atoms with E-state index < -0.39 is 0 Å². The molecule has 0 unspecified atom stereocenters. The number of benzene rings is 1. The topological polar surface area (TPSA) is 53.8 Å². The maximum absolute atomic E-state index is 12.6. The van der Waals surface area contributed by atoms with E-state index in [9.17, 15) is 9.59 Å². The van der Waals surface area contributed by atoms with Gasteiger partial charge in [0.15, 0.2) is 5.76 Å². The normalized spacial score (nSPS) is 10.8. The molecule has 1 aromatic heterocycles. The van der Waals surface area contributed by atoms with E-state index in [1.165, 1.54) is 4.90 Å². The molecule has 0 atom stereocenters. The van der Waals surface area contributed by atoms with Gasteiger partial charge in [0.25, 0.3) is 5.91 Å². The van der Waals surface area contributed by atoms with Crippen LogP contribution in [0.1, 0.15) is 30.0 Å². The molecule has 0 spiro atoms. The van der Waals surface area contributed by atoms with Gasteiger partial charge in [-0.15, -0.1) is 0 Å². The molecule has 0 aliphatic heterocycles. The fourth-order valence-corrected chi connectivity index (χ4v) is 2.69. The summed E-state index contributed by atoms with van der Waals surface area (Å²) in [5, 5.41) is 1.40. The SMILES string of the molecule is CCN(CC)C(=O)CN(C)C(=O)c1oc2ccc(Cl)cc2c1C. The Bertz CT molecular complexity index is 735. The predicted molar refractivity (Wildman–Crippen MR) is 90.8 cm³/mol. The van der Waals surface area contributed by atoms with E-state index in [0.717, 1.165) is 10.9 Å². The molecule has 0 aliphatic carbocycles. The van der Waals surface area contributed by atoms with Crippen LogP contribution in [0.4, 0.5) is 0 Å². The van der Waals surface area contributed by atoms with Gasteiger partial charge >= 0.3 is 0 Å². The molecule has 0 bridgehead atoms.